The van der Waals surface area contributed by atoms with Crippen LogP contribution in [0.3, 0.4) is 0 Å². The summed E-state index contributed by atoms with van der Waals surface area (Å²) in [5.41, 5.74) is 2.40. The summed E-state index contributed by atoms with van der Waals surface area (Å²) in [6.07, 6.45) is -0.515. The second-order valence-corrected chi connectivity index (χ2v) is 5.21. The van der Waals surface area contributed by atoms with Crippen molar-refractivity contribution in [2.45, 2.75) is 32.4 Å². The third-order valence-corrected chi connectivity index (χ3v) is 2.56. The molecule has 0 spiro atoms. The van der Waals surface area contributed by atoms with Gasteiger partial charge in [-0.3, -0.25) is 4.90 Å². The number of aliphatic hydroxyl groups excluding tert-OH is 1. The molecule has 2 heteroatoms. The van der Waals surface area contributed by atoms with E-state index in [1.165, 1.54) is 5.56 Å². The molecule has 0 aliphatic carbocycles. The van der Waals surface area contributed by atoms with E-state index < -0.39 is 6.23 Å². The summed E-state index contributed by atoms with van der Waals surface area (Å²) in [5, 5.41) is 9.82. The molecular formula is C13H21NO. The van der Waals surface area contributed by atoms with E-state index in [-0.39, 0.29) is 5.41 Å². The number of hydrogen-bond donors (Lipinski definition) is 1. The number of rotatable bonds is 2. The third kappa shape index (κ3) is 3.05. The van der Waals surface area contributed by atoms with Crippen molar-refractivity contribution in [2.24, 2.45) is 0 Å². The van der Waals surface area contributed by atoms with Crippen LogP contribution >= 0.6 is 0 Å². The van der Waals surface area contributed by atoms with E-state index in [9.17, 15) is 5.11 Å². The Morgan fingerprint density at radius 3 is 1.87 bits per heavy atom. The first-order chi connectivity index (χ1) is 6.82. The van der Waals surface area contributed by atoms with E-state index in [0.717, 1.165) is 5.56 Å². The highest BCUT2D eigenvalue weighted by atomic mass is 16.3. The Balaban J connectivity index is 2.91. The first-order valence-corrected chi connectivity index (χ1v) is 5.27. The van der Waals surface area contributed by atoms with Gasteiger partial charge in [-0.15, -0.1) is 0 Å². The van der Waals surface area contributed by atoms with Crippen LogP contribution in [-0.4, -0.2) is 24.1 Å². The normalized spacial score (nSPS) is 14.3. The molecule has 1 rings (SSSR count). The van der Waals surface area contributed by atoms with Gasteiger partial charge in [-0.2, -0.15) is 0 Å². The fourth-order valence-corrected chi connectivity index (χ4v) is 1.45. The summed E-state index contributed by atoms with van der Waals surface area (Å²) in [7, 11) is 3.73. The van der Waals surface area contributed by atoms with E-state index in [0.29, 0.717) is 0 Å². The molecule has 1 N–H and O–H groups in total. The minimum Gasteiger partial charge on any atom is -0.374 e. The van der Waals surface area contributed by atoms with Crippen LogP contribution in [-0.2, 0) is 5.41 Å². The Kier molecular flexibility index (Phi) is 3.53. The predicted molar refractivity (Wildman–Crippen MR) is 63.8 cm³/mol. The molecule has 15 heavy (non-hydrogen) atoms. The van der Waals surface area contributed by atoms with Gasteiger partial charge in [0.05, 0.1) is 0 Å². The van der Waals surface area contributed by atoms with Crippen LogP contribution < -0.4 is 0 Å². The summed E-state index contributed by atoms with van der Waals surface area (Å²) in [4.78, 5) is 1.78. The SMILES string of the molecule is CN(C)C(O)c1ccc(C(C)(C)C)cc1. The number of benzene rings is 1. The van der Waals surface area contributed by atoms with Crippen molar-refractivity contribution in [3.05, 3.63) is 35.4 Å². The number of hydrogen-bond acceptors (Lipinski definition) is 2. The van der Waals surface area contributed by atoms with Crippen LogP contribution in [0.15, 0.2) is 24.3 Å². The molecule has 0 heterocycles. The molecule has 0 saturated heterocycles. The van der Waals surface area contributed by atoms with Gasteiger partial charge in [0.25, 0.3) is 0 Å². The summed E-state index contributed by atoms with van der Waals surface area (Å²) in [6.45, 7) is 6.55. The van der Waals surface area contributed by atoms with E-state index >= 15 is 0 Å². The first kappa shape index (κ1) is 12.2. The molecule has 0 aromatic heterocycles. The average molecular weight is 207 g/mol. The molecule has 1 aromatic carbocycles. The number of aliphatic hydroxyl groups is 1. The monoisotopic (exact) mass is 207 g/mol. The maximum atomic E-state index is 9.82. The highest BCUT2D eigenvalue weighted by Gasteiger charge is 2.15. The molecule has 0 amide bonds. The molecule has 1 unspecified atom stereocenters. The van der Waals surface area contributed by atoms with Crippen LogP contribution in [0.1, 0.15) is 38.1 Å². The van der Waals surface area contributed by atoms with Crippen molar-refractivity contribution < 1.29 is 5.11 Å². The van der Waals surface area contributed by atoms with Gasteiger partial charge < -0.3 is 5.11 Å². The molecule has 0 aliphatic heterocycles. The van der Waals surface area contributed by atoms with Crippen molar-refractivity contribution in [1.29, 1.82) is 0 Å². The van der Waals surface area contributed by atoms with Crippen molar-refractivity contribution in [2.75, 3.05) is 14.1 Å². The second kappa shape index (κ2) is 4.33. The molecule has 0 radical (unpaired) electrons. The quantitative estimate of drug-likeness (QED) is 0.753. The summed E-state index contributed by atoms with van der Waals surface area (Å²) in [6, 6.07) is 8.15. The fourth-order valence-electron chi connectivity index (χ4n) is 1.45. The summed E-state index contributed by atoms with van der Waals surface area (Å²) < 4.78 is 0. The van der Waals surface area contributed by atoms with Gasteiger partial charge in [-0.05, 0) is 30.6 Å². The van der Waals surface area contributed by atoms with Gasteiger partial charge in [0, 0.05) is 0 Å². The third-order valence-electron chi connectivity index (χ3n) is 2.56. The molecule has 1 atom stereocenters. The van der Waals surface area contributed by atoms with E-state index in [1.807, 2.05) is 26.2 Å². The molecule has 0 saturated carbocycles. The molecular weight excluding hydrogens is 186 g/mol. The summed E-state index contributed by atoms with van der Waals surface area (Å²) >= 11 is 0. The molecule has 0 fully saturated rings. The Hall–Kier alpha value is -0.860. The van der Waals surface area contributed by atoms with E-state index in [2.05, 4.69) is 32.9 Å². The van der Waals surface area contributed by atoms with Gasteiger partial charge in [0.2, 0.25) is 0 Å². The number of nitrogens with zero attached hydrogens (tertiary/aromatic N) is 1. The van der Waals surface area contributed by atoms with Crippen LogP contribution in [0.4, 0.5) is 0 Å². The standard InChI is InChI=1S/C13H21NO/c1-13(2,3)11-8-6-10(7-9-11)12(15)14(4)5/h6-9,12,15H,1-5H3. The molecule has 0 aliphatic rings. The van der Waals surface area contributed by atoms with Crippen molar-refractivity contribution in [1.82, 2.24) is 4.90 Å². The Labute approximate surface area is 92.5 Å². The van der Waals surface area contributed by atoms with Crippen LogP contribution in [0.25, 0.3) is 0 Å². The van der Waals surface area contributed by atoms with Crippen molar-refractivity contribution in [3.8, 4) is 0 Å². The molecule has 1 aromatic rings. The van der Waals surface area contributed by atoms with Gasteiger partial charge in [0.15, 0.2) is 0 Å². The van der Waals surface area contributed by atoms with E-state index in [4.69, 9.17) is 0 Å². The lowest BCUT2D eigenvalue weighted by Gasteiger charge is -2.22. The van der Waals surface area contributed by atoms with Gasteiger partial charge in [-0.25, -0.2) is 0 Å². The zero-order valence-electron chi connectivity index (χ0n) is 10.3. The smallest absolute Gasteiger partial charge is 0.133 e. The van der Waals surface area contributed by atoms with Gasteiger partial charge >= 0.3 is 0 Å². The molecule has 0 bridgehead atoms. The molecule has 2 nitrogen and oxygen atoms in total. The predicted octanol–water partition coefficient (Wildman–Crippen LogP) is 2.54. The Morgan fingerprint density at radius 1 is 1.07 bits per heavy atom. The second-order valence-electron chi connectivity index (χ2n) is 5.21. The largest absolute Gasteiger partial charge is 0.374 e. The Morgan fingerprint density at radius 2 is 1.53 bits per heavy atom. The molecule has 84 valence electrons. The highest BCUT2D eigenvalue weighted by Crippen LogP contribution is 2.24. The topological polar surface area (TPSA) is 23.5 Å². The minimum atomic E-state index is -0.515. The van der Waals surface area contributed by atoms with Crippen LogP contribution in [0.5, 0.6) is 0 Å². The highest BCUT2D eigenvalue weighted by molar-refractivity contribution is 5.28. The lowest BCUT2D eigenvalue weighted by Crippen LogP contribution is -2.19. The Bertz CT molecular complexity index is 308. The maximum Gasteiger partial charge on any atom is 0.133 e. The van der Waals surface area contributed by atoms with Crippen LogP contribution in [0.2, 0.25) is 0 Å². The zero-order chi connectivity index (χ0) is 11.6. The van der Waals surface area contributed by atoms with Crippen LogP contribution in [0, 0.1) is 0 Å². The summed E-state index contributed by atoms with van der Waals surface area (Å²) in [5.74, 6) is 0. The minimum absolute atomic E-state index is 0.168. The van der Waals surface area contributed by atoms with E-state index in [1.54, 1.807) is 4.90 Å². The maximum absolute atomic E-state index is 9.82. The lowest BCUT2D eigenvalue weighted by atomic mass is 9.86. The average Bonchev–Trinajstić information content (AvgIpc) is 2.15. The fraction of sp³-hybridized carbons (Fsp3) is 0.538. The van der Waals surface area contributed by atoms with Crippen molar-refractivity contribution >= 4 is 0 Å². The van der Waals surface area contributed by atoms with Crippen molar-refractivity contribution in [3.63, 3.8) is 0 Å². The van der Waals surface area contributed by atoms with Gasteiger partial charge in [0.1, 0.15) is 6.23 Å². The zero-order valence-corrected chi connectivity index (χ0v) is 10.3. The van der Waals surface area contributed by atoms with Gasteiger partial charge in [-0.1, -0.05) is 45.0 Å². The lowest BCUT2D eigenvalue weighted by molar-refractivity contribution is 0.0395. The first-order valence-electron chi connectivity index (χ1n) is 5.27.